The third kappa shape index (κ3) is 3.06. The van der Waals surface area contributed by atoms with Crippen molar-refractivity contribution in [2.75, 3.05) is 0 Å². The third-order valence-electron chi connectivity index (χ3n) is 4.02. The van der Waals surface area contributed by atoms with Crippen molar-refractivity contribution >= 4 is 6.08 Å². The fraction of sp³-hybridized carbons (Fsp3) is 0.222. The maximum absolute atomic E-state index is 14.3. The molecule has 0 bridgehead atoms. The molecule has 1 aliphatic rings. The zero-order valence-corrected chi connectivity index (χ0v) is 12.5. The van der Waals surface area contributed by atoms with Crippen LogP contribution in [0.25, 0.3) is 17.2 Å². The monoisotopic (exact) mass is 340 g/mol. The van der Waals surface area contributed by atoms with Gasteiger partial charge in [0, 0.05) is 12.0 Å². The molecule has 1 nitrogen and oxygen atoms in total. The Morgan fingerprint density at radius 3 is 2.46 bits per heavy atom. The largest absolute Gasteiger partial charge is 0.414 e. The number of hydrogen-bond acceptors (Lipinski definition) is 1. The third-order valence-corrected chi connectivity index (χ3v) is 4.02. The maximum atomic E-state index is 14.3. The van der Waals surface area contributed by atoms with Crippen LogP contribution in [0.3, 0.4) is 0 Å². The highest BCUT2D eigenvalue weighted by atomic mass is 19.4. The first-order valence-corrected chi connectivity index (χ1v) is 7.21. The van der Waals surface area contributed by atoms with Gasteiger partial charge in [0.2, 0.25) is 0 Å². The van der Waals surface area contributed by atoms with Crippen molar-refractivity contribution in [3.63, 3.8) is 0 Å². The summed E-state index contributed by atoms with van der Waals surface area (Å²) in [6.45, 7) is 3.17. The quantitative estimate of drug-likeness (QED) is 0.676. The van der Waals surface area contributed by atoms with Crippen molar-refractivity contribution < 1.29 is 26.7 Å². The van der Waals surface area contributed by atoms with Crippen LogP contribution in [0.5, 0.6) is 0 Å². The summed E-state index contributed by atoms with van der Waals surface area (Å²) in [5.74, 6) is -1.34. The van der Waals surface area contributed by atoms with E-state index in [4.69, 9.17) is 4.74 Å². The summed E-state index contributed by atoms with van der Waals surface area (Å²) in [6, 6.07) is 6.89. The summed E-state index contributed by atoms with van der Waals surface area (Å²) in [5.41, 5.74) is 1.27. The van der Waals surface area contributed by atoms with Crippen molar-refractivity contribution in [1.82, 2.24) is 0 Å². The molecule has 0 N–H and O–H groups in total. The van der Waals surface area contributed by atoms with Crippen LogP contribution in [-0.2, 0) is 17.8 Å². The molecule has 0 fully saturated rings. The van der Waals surface area contributed by atoms with E-state index in [2.05, 4.69) is 6.58 Å². The molecule has 0 aliphatic carbocycles. The first-order valence-electron chi connectivity index (χ1n) is 7.21. The molecule has 1 unspecified atom stereocenters. The number of alkyl halides is 3. The van der Waals surface area contributed by atoms with Gasteiger partial charge >= 0.3 is 6.18 Å². The highest BCUT2D eigenvalue weighted by molar-refractivity contribution is 5.68. The van der Waals surface area contributed by atoms with Crippen LogP contribution in [0.4, 0.5) is 22.0 Å². The van der Waals surface area contributed by atoms with Gasteiger partial charge in [-0.15, -0.1) is 0 Å². The molecule has 126 valence electrons. The number of rotatable bonds is 2. The highest BCUT2D eigenvalue weighted by Gasteiger charge is 2.43. The second-order valence-electron chi connectivity index (χ2n) is 5.58. The van der Waals surface area contributed by atoms with Crippen molar-refractivity contribution in [3.05, 3.63) is 65.2 Å². The standard InChI is InChI=1S/C18H13F5O/c1-2-10-3-4-13(15(19)5-10)11-6-12-9-24-17(18(21,22)23)8-14(12)16(20)7-11/h2-7,17H,1,8-9H2. The van der Waals surface area contributed by atoms with Crippen molar-refractivity contribution in [3.8, 4) is 11.1 Å². The Hall–Kier alpha value is -2.21. The highest BCUT2D eigenvalue weighted by Crippen LogP contribution is 2.35. The molecular weight excluding hydrogens is 327 g/mol. The van der Waals surface area contributed by atoms with E-state index in [1.807, 2.05) is 0 Å². The lowest BCUT2D eigenvalue weighted by molar-refractivity contribution is -0.226. The summed E-state index contributed by atoms with van der Waals surface area (Å²) >= 11 is 0. The predicted molar refractivity (Wildman–Crippen MR) is 80.2 cm³/mol. The maximum Gasteiger partial charge on any atom is 0.414 e. The van der Waals surface area contributed by atoms with E-state index in [0.717, 1.165) is 6.07 Å². The van der Waals surface area contributed by atoms with E-state index < -0.39 is 30.3 Å². The topological polar surface area (TPSA) is 9.23 Å². The molecule has 0 amide bonds. The Labute approximate surface area is 135 Å². The van der Waals surface area contributed by atoms with E-state index in [1.54, 1.807) is 6.07 Å². The van der Waals surface area contributed by atoms with Crippen molar-refractivity contribution in [2.45, 2.75) is 25.3 Å². The molecule has 6 heteroatoms. The van der Waals surface area contributed by atoms with Crippen LogP contribution in [0, 0.1) is 11.6 Å². The van der Waals surface area contributed by atoms with Gasteiger partial charge in [-0.05, 0) is 40.5 Å². The molecule has 2 aromatic carbocycles. The van der Waals surface area contributed by atoms with Crippen LogP contribution in [0.2, 0.25) is 0 Å². The smallest absolute Gasteiger partial charge is 0.364 e. The van der Waals surface area contributed by atoms with Crippen molar-refractivity contribution in [2.24, 2.45) is 0 Å². The summed E-state index contributed by atoms with van der Waals surface area (Å²) in [7, 11) is 0. The zero-order chi connectivity index (χ0) is 17.5. The Morgan fingerprint density at radius 2 is 1.83 bits per heavy atom. The average molecular weight is 340 g/mol. The van der Waals surface area contributed by atoms with Gasteiger partial charge < -0.3 is 4.74 Å². The molecule has 1 atom stereocenters. The van der Waals surface area contributed by atoms with Gasteiger partial charge in [0.1, 0.15) is 11.6 Å². The van der Waals surface area contributed by atoms with Gasteiger partial charge in [-0.3, -0.25) is 0 Å². The van der Waals surface area contributed by atoms with E-state index >= 15 is 0 Å². The van der Waals surface area contributed by atoms with Gasteiger partial charge in [-0.2, -0.15) is 13.2 Å². The second-order valence-corrected chi connectivity index (χ2v) is 5.58. The fourth-order valence-electron chi connectivity index (χ4n) is 2.74. The van der Waals surface area contributed by atoms with Crippen LogP contribution < -0.4 is 0 Å². The summed E-state index contributed by atoms with van der Waals surface area (Å²) in [4.78, 5) is 0. The normalized spacial score (nSPS) is 17.5. The van der Waals surface area contributed by atoms with E-state index in [-0.39, 0.29) is 23.3 Å². The molecule has 1 heterocycles. The molecule has 24 heavy (non-hydrogen) atoms. The molecular formula is C18H13F5O. The van der Waals surface area contributed by atoms with E-state index in [9.17, 15) is 22.0 Å². The Morgan fingerprint density at radius 1 is 1.08 bits per heavy atom. The average Bonchev–Trinajstić information content (AvgIpc) is 2.53. The van der Waals surface area contributed by atoms with Gasteiger partial charge in [0.25, 0.3) is 0 Å². The molecule has 0 saturated heterocycles. The number of hydrogen-bond donors (Lipinski definition) is 0. The molecule has 0 aromatic heterocycles. The number of ether oxygens (including phenoxy) is 1. The van der Waals surface area contributed by atoms with Crippen molar-refractivity contribution in [1.29, 1.82) is 0 Å². The number of halogens is 5. The van der Waals surface area contributed by atoms with Gasteiger partial charge in [0.15, 0.2) is 6.10 Å². The van der Waals surface area contributed by atoms with Crippen LogP contribution in [0.1, 0.15) is 16.7 Å². The lowest BCUT2D eigenvalue weighted by Gasteiger charge is -2.27. The molecule has 1 aliphatic heterocycles. The first-order chi connectivity index (χ1) is 11.3. The van der Waals surface area contributed by atoms with Crippen LogP contribution >= 0.6 is 0 Å². The Bertz CT molecular complexity index is 795. The minimum absolute atomic E-state index is 0.0320. The number of benzene rings is 2. The predicted octanol–water partition coefficient (Wildman–Crippen LogP) is 5.28. The van der Waals surface area contributed by atoms with E-state index in [0.29, 0.717) is 11.1 Å². The summed E-state index contributed by atoms with van der Waals surface area (Å²) < 4.78 is 71.4. The number of fused-ring (bicyclic) bond motifs is 1. The second kappa shape index (κ2) is 6.02. The summed E-state index contributed by atoms with van der Waals surface area (Å²) in [6.07, 6.45) is -5.67. The Balaban J connectivity index is 2.00. The molecule has 0 saturated carbocycles. The molecule has 0 spiro atoms. The molecule has 3 rings (SSSR count). The minimum Gasteiger partial charge on any atom is -0.364 e. The lowest BCUT2D eigenvalue weighted by Crippen LogP contribution is -2.37. The van der Waals surface area contributed by atoms with Gasteiger partial charge in [-0.25, -0.2) is 8.78 Å². The molecule has 2 aromatic rings. The molecule has 0 radical (unpaired) electrons. The lowest BCUT2D eigenvalue weighted by atomic mass is 9.93. The summed E-state index contributed by atoms with van der Waals surface area (Å²) in [5, 5.41) is 0. The van der Waals surface area contributed by atoms with Crippen LogP contribution in [-0.4, -0.2) is 12.3 Å². The van der Waals surface area contributed by atoms with Crippen LogP contribution in [0.15, 0.2) is 36.9 Å². The van der Waals surface area contributed by atoms with Gasteiger partial charge in [0.05, 0.1) is 6.61 Å². The fourth-order valence-corrected chi connectivity index (χ4v) is 2.74. The first kappa shape index (κ1) is 16.6. The Kier molecular flexibility index (Phi) is 4.17. The zero-order valence-electron chi connectivity index (χ0n) is 12.5. The van der Waals surface area contributed by atoms with E-state index in [1.165, 1.54) is 24.3 Å². The SMILES string of the molecule is C=Cc1ccc(-c2cc(F)c3c(c2)COC(C(F)(F)F)C3)c(F)c1. The van der Waals surface area contributed by atoms with Gasteiger partial charge in [-0.1, -0.05) is 24.8 Å². The minimum atomic E-state index is -4.55.